The highest BCUT2D eigenvalue weighted by molar-refractivity contribution is 6.30. The van der Waals surface area contributed by atoms with E-state index in [1.165, 1.54) is 19.3 Å². The van der Waals surface area contributed by atoms with E-state index in [4.69, 9.17) is 31.3 Å². The van der Waals surface area contributed by atoms with Crippen molar-refractivity contribution in [2.45, 2.75) is 44.8 Å². The molecule has 7 heteroatoms. The van der Waals surface area contributed by atoms with E-state index in [-0.39, 0.29) is 0 Å². The number of halogens is 1. The van der Waals surface area contributed by atoms with Gasteiger partial charge in [-0.3, -0.25) is 4.68 Å². The summed E-state index contributed by atoms with van der Waals surface area (Å²) in [7, 11) is 1.65. The van der Waals surface area contributed by atoms with Crippen LogP contribution >= 0.6 is 11.6 Å². The Kier molecular flexibility index (Phi) is 8.33. The summed E-state index contributed by atoms with van der Waals surface area (Å²) in [6.07, 6.45) is 8.44. The number of aliphatic carboxylic acids is 1. The van der Waals surface area contributed by atoms with Crippen molar-refractivity contribution in [3.63, 3.8) is 0 Å². The predicted octanol–water partition coefficient (Wildman–Crippen LogP) is 8.06. The first-order valence-electron chi connectivity index (χ1n) is 13.2. The minimum Gasteiger partial charge on any atom is -0.497 e. The van der Waals surface area contributed by atoms with Gasteiger partial charge in [-0.2, -0.15) is 5.10 Å². The quantitative estimate of drug-likeness (QED) is 0.216. The SMILES string of the molecule is COc1ccc(-c2ccc(Cl)cc2)c(COc2ccc(-c3cc(C=CC(=O)O)nn3C3CCCCC3)cc2)c1. The molecule has 1 aromatic heterocycles. The number of carbonyl (C=O) groups is 1. The number of carboxylic acids is 1. The fourth-order valence-electron chi connectivity index (χ4n) is 5.08. The monoisotopic (exact) mass is 542 g/mol. The van der Waals surface area contributed by atoms with Gasteiger partial charge in [-0.25, -0.2) is 4.79 Å². The highest BCUT2D eigenvalue weighted by atomic mass is 35.5. The van der Waals surface area contributed by atoms with E-state index in [1.54, 1.807) is 13.2 Å². The molecule has 1 aliphatic carbocycles. The first-order chi connectivity index (χ1) is 19.0. The van der Waals surface area contributed by atoms with Crippen molar-refractivity contribution < 1.29 is 19.4 Å². The molecule has 0 saturated heterocycles. The summed E-state index contributed by atoms with van der Waals surface area (Å²) >= 11 is 6.09. The first-order valence-corrected chi connectivity index (χ1v) is 13.5. The number of methoxy groups -OCH3 is 1. The van der Waals surface area contributed by atoms with Crippen LogP contribution in [0.3, 0.4) is 0 Å². The van der Waals surface area contributed by atoms with E-state index in [0.29, 0.717) is 23.4 Å². The summed E-state index contributed by atoms with van der Waals surface area (Å²) in [6, 6.07) is 24.0. The molecule has 39 heavy (non-hydrogen) atoms. The van der Waals surface area contributed by atoms with Gasteiger partial charge >= 0.3 is 5.97 Å². The number of benzene rings is 3. The van der Waals surface area contributed by atoms with Gasteiger partial charge in [0.1, 0.15) is 18.1 Å². The Morgan fingerprint density at radius 3 is 2.36 bits per heavy atom. The van der Waals surface area contributed by atoms with E-state index < -0.39 is 5.97 Å². The molecule has 0 aliphatic heterocycles. The van der Waals surface area contributed by atoms with Crippen LogP contribution in [0.25, 0.3) is 28.5 Å². The van der Waals surface area contributed by atoms with Crippen LogP contribution < -0.4 is 9.47 Å². The van der Waals surface area contributed by atoms with E-state index in [1.807, 2.05) is 72.8 Å². The van der Waals surface area contributed by atoms with Crippen LogP contribution in [0, 0.1) is 0 Å². The van der Waals surface area contributed by atoms with E-state index in [9.17, 15) is 4.79 Å². The summed E-state index contributed by atoms with van der Waals surface area (Å²) in [5.74, 6) is 0.532. The number of hydrogen-bond donors (Lipinski definition) is 1. The third-order valence-electron chi connectivity index (χ3n) is 7.08. The fourth-order valence-corrected chi connectivity index (χ4v) is 5.21. The van der Waals surface area contributed by atoms with Gasteiger partial charge in [-0.1, -0.05) is 49.1 Å². The standard InChI is InChI=1S/C32H31ClN2O4/c1-38-29-16-17-30(22-7-11-25(33)12-8-22)24(19-29)21-39-28-14-9-23(10-15-28)31-20-26(13-18-32(36)37)34-35(31)27-5-3-2-4-6-27/h7-20,27H,2-6,21H2,1H3,(H,36,37). The summed E-state index contributed by atoms with van der Waals surface area (Å²) in [5, 5.41) is 14.5. The fraction of sp³-hybridized carbons (Fsp3) is 0.250. The van der Waals surface area contributed by atoms with Crippen molar-refractivity contribution in [2.75, 3.05) is 7.11 Å². The van der Waals surface area contributed by atoms with Crippen molar-refractivity contribution in [3.05, 3.63) is 95.2 Å². The Labute approximate surface area is 233 Å². The summed E-state index contributed by atoms with van der Waals surface area (Å²) in [6.45, 7) is 0.374. The molecule has 0 atom stereocenters. The smallest absolute Gasteiger partial charge is 0.328 e. The molecule has 1 saturated carbocycles. The number of aromatic nitrogens is 2. The van der Waals surface area contributed by atoms with Crippen molar-refractivity contribution in [1.82, 2.24) is 9.78 Å². The Hall–Kier alpha value is -4.03. The predicted molar refractivity (Wildman–Crippen MR) is 154 cm³/mol. The lowest BCUT2D eigenvalue weighted by Crippen LogP contribution is -2.15. The van der Waals surface area contributed by atoms with E-state index >= 15 is 0 Å². The van der Waals surface area contributed by atoms with Crippen molar-refractivity contribution in [3.8, 4) is 33.9 Å². The Morgan fingerprint density at radius 2 is 1.67 bits per heavy atom. The summed E-state index contributed by atoms with van der Waals surface area (Å²) in [5.41, 5.74) is 5.76. The van der Waals surface area contributed by atoms with Gasteiger partial charge in [-0.05, 0) is 84.6 Å². The molecule has 0 unspecified atom stereocenters. The third kappa shape index (κ3) is 6.52. The molecule has 0 bridgehead atoms. The second kappa shape index (κ2) is 12.2. The van der Waals surface area contributed by atoms with Crippen LogP contribution in [0.15, 0.2) is 78.9 Å². The van der Waals surface area contributed by atoms with Gasteiger partial charge < -0.3 is 14.6 Å². The molecule has 0 spiro atoms. The minimum atomic E-state index is -0.986. The lowest BCUT2D eigenvalue weighted by molar-refractivity contribution is -0.131. The highest BCUT2D eigenvalue weighted by Crippen LogP contribution is 2.34. The van der Waals surface area contributed by atoms with Gasteiger partial charge in [0.25, 0.3) is 0 Å². The van der Waals surface area contributed by atoms with Crippen LogP contribution in [0.5, 0.6) is 11.5 Å². The number of rotatable bonds is 9. The van der Waals surface area contributed by atoms with Gasteiger partial charge in [0.15, 0.2) is 0 Å². The lowest BCUT2D eigenvalue weighted by Gasteiger charge is -2.24. The molecule has 200 valence electrons. The topological polar surface area (TPSA) is 73.6 Å². The van der Waals surface area contributed by atoms with Crippen LogP contribution in [0.2, 0.25) is 5.02 Å². The van der Waals surface area contributed by atoms with Crippen LogP contribution in [0.1, 0.15) is 49.4 Å². The number of carboxylic acid groups (broad SMARTS) is 1. The minimum absolute atomic E-state index is 0.316. The second-order valence-electron chi connectivity index (χ2n) is 9.71. The molecular formula is C32H31ClN2O4. The maximum Gasteiger partial charge on any atom is 0.328 e. The van der Waals surface area contributed by atoms with E-state index in [0.717, 1.165) is 58.4 Å². The van der Waals surface area contributed by atoms with Crippen molar-refractivity contribution in [2.24, 2.45) is 0 Å². The maximum absolute atomic E-state index is 11.0. The van der Waals surface area contributed by atoms with E-state index in [2.05, 4.69) is 4.68 Å². The summed E-state index contributed by atoms with van der Waals surface area (Å²) < 4.78 is 13.7. The molecule has 1 heterocycles. The zero-order valence-corrected chi connectivity index (χ0v) is 22.6. The molecule has 0 radical (unpaired) electrons. The number of hydrogen-bond acceptors (Lipinski definition) is 4. The van der Waals surface area contributed by atoms with Crippen LogP contribution in [-0.4, -0.2) is 28.0 Å². The second-order valence-corrected chi connectivity index (χ2v) is 10.1. The molecule has 0 amide bonds. The molecule has 1 fully saturated rings. The number of ether oxygens (including phenoxy) is 2. The Balaban J connectivity index is 1.37. The van der Waals surface area contributed by atoms with Gasteiger partial charge in [-0.15, -0.1) is 0 Å². The zero-order valence-electron chi connectivity index (χ0n) is 21.8. The molecule has 6 nitrogen and oxygen atoms in total. The maximum atomic E-state index is 11.0. The average Bonchev–Trinajstić information content (AvgIpc) is 3.40. The normalized spacial score (nSPS) is 14.0. The molecule has 1 aliphatic rings. The molecule has 1 N–H and O–H groups in total. The van der Waals surface area contributed by atoms with Crippen LogP contribution in [-0.2, 0) is 11.4 Å². The molecular weight excluding hydrogens is 512 g/mol. The Bertz CT molecular complexity index is 1450. The lowest BCUT2D eigenvalue weighted by atomic mass is 9.95. The average molecular weight is 543 g/mol. The first kappa shape index (κ1) is 26.6. The molecule has 5 rings (SSSR count). The zero-order chi connectivity index (χ0) is 27.2. The highest BCUT2D eigenvalue weighted by Gasteiger charge is 2.20. The van der Waals surface area contributed by atoms with Gasteiger partial charge in [0.2, 0.25) is 0 Å². The third-order valence-corrected chi connectivity index (χ3v) is 7.34. The van der Waals surface area contributed by atoms with Crippen LogP contribution in [0.4, 0.5) is 0 Å². The van der Waals surface area contributed by atoms with Gasteiger partial charge in [0.05, 0.1) is 24.5 Å². The molecule has 4 aromatic rings. The Morgan fingerprint density at radius 1 is 0.974 bits per heavy atom. The van der Waals surface area contributed by atoms with Gasteiger partial charge in [0, 0.05) is 22.2 Å². The number of nitrogens with zero attached hydrogens (tertiary/aromatic N) is 2. The van der Waals surface area contributed by atoms with Crippen molar-refractivity contribution in [1.29, 1.82) is 0 Å². The summed E-state index contributed by atoms with van der Waals surface area (Å²) in [4.78, 5) is 11.0. The molecule has 3 aromatic carbocycles. The van der Waals surface area contributed by atoms with Crippen molar-refractivity contribution >= 4 is 23.6 Å². The largest absolute Gasteiger partial charge is 0.497 e.